The molecule has 1 aliphatic rings. The SMILES string of the molecule is COCC1CCCCN(c2c(S(N)(=O)=O)ccc(C)c2F)C1. The third-order valence-corrected chi connectivity index (χ3v) is 5.01. The number of nitrogens with zero attached hydrogens (tertiary/aromatic N) is 1. The summed E-state index contributed by atoms with van der Waals surface area (Å²) in [6, 6.07) is 2.84. The van der Waals surface area contributed by atoms with Gasteiger partial charge >= 0.3 is 0 Å². The van der Waals surface area contributed by atoms with Crippen LogP contribution in [-0.4, -0.2) is 35.2 Å². The Balaban J connectivity index is 2.47. The van der Waals surface area contributed by atoms with Crippen molar-refractivity contribution in [1.29, 1.82) is 0 Å². The molecule has 0 amide bonds. The van der Waals surface area contributed by atoms with Crippen LogP contribution in [0.4, 0.5) is 10.1 Å². The Kier molecular flexibility index (Phi) is 5.41. The first-order chi connectivity index (χ1) is 10.3. The summed E-state index contributed by atoms with van der Waals surface area (Å²) in [6.45, 7) is 3.38. The van der Waals surface area contributed by atoms with E-state index in [-0.39, 0.29) is 16.5 Å². The Morgan fingerprint density at radius 3 is 2.77 bits per heavy atom. The fourth-order valence-electron chi connectivity index (χ4n) is 2.98. The smallest absolute Gasteiger partial charge is 0.240 e. The van der Waals surface area contributed by atoms with E-state index in [0.717, 1.165) is 19.3 Å². The Morgan fingerprint density at radius 1 is 1.41 bits per heavy atom. The Labute approximate surface area is 131 Å². The van der Waals surface area contributed by atoms with Gasteiger partial charge in [-0.15, -0.1) is 0 Å². The number of halogens is 1. The van der Waals surface area contributed by atoms with Crippen molar-refractivity contribution in [1.82, 2.24) is 0 Å². The Hall–Kier alpha value is -1.18. The normalized spacial score (nSPS) is 20.0. The molecule has 0 saturated carbocycles. The zero-order valence-corrected chi connectivity index (χ0v) is 13.8. The van der Waals surface area contributed by atoms with Crippen molar-refractivity contribution < 1.29 is 17.5 Å². The standard InChI is InChI=1S/C15H23FN2O3S/c1-11-6-7-13(22(17,19)20)15(14(11)16)18-8-4-3-5-12(9-18)10-21-2/h6-7,12H,3-5,8-10H2,1-2H3,(H2,17,19,20). The van der Waals surface area contributed by atoms with E-state index in [2.05, 4.69) is 0 Å². The minimum absolute atomic E-state index is 0.102. The Bertz CT molecular complexity index is 634. The average molecular weight is 330 g/mol. The molecule has 124 valence electrons. The first-order valence-corrected chi connectivity index (χ1v) is 8.95. The molecule has 2 rings (SSSR count). The molecule has 1 saturated heterocycles. The van der Waals surface area contributed by atoms with Crippen LogP contribution in [0.15, 0.2) is 17.0 Å². The molecule has 0 bridgehead atoms. The van der Waals surface area contributed by atoms with Gasteiger partial charge in [-0.3, -0.25) is 0 Å². The summed E-state index contributed by atoms with van der Waals surface area (Å²) in [5.41, 5.74) is 0.514. The number of aryl methyl sites for hydroxylation is 1. The van der Waals surface area contributed by atoms with Gasteiger partial charge in [0.25, 0.3) is 0 Å². The highest BCUT2D eigenvalue weighted by molar-refractivity contribution is 7.89. The highest BCUT2D eigenvalue weighted by Crippen LogP contribution is 2.32. The summed E-state index contributed by atoms with van der Waals surface area (Å²) in [7, 11) is -2.34. The van der Waals surface area contributed by atoms with Crippen LogP contribution in [0, 0.1) is 18.7 Å². The maximum absolute atomic E-state index is 14.6. The third-order valence-electron chi connectivity index (χ3n) is 4.07. The van der Waals surface area contributed by atoms with Gasteiger partial charge in [-0.25, -0.2) is 17.9 Å². The van der Waals surface area contributed by atoms with E-state index in [9.17, 15) is 12.8 Å². The van der Waals surface area contributed by atoms with E-state index < -0.39 is 15.8 Å². The third kappa shape index (κ3) is 3.77. The van der Waals surface area contributed by atoms with Crippen molar-refractivity contribution in [2.75, 3.05) is 31.7 Å². The fourth-order valence-corrected chi connectivity index (χ4v) is 3.72. The molecule has 2 N–H and O–H groups in total. The van der Waals surface area contributed by atoms with Gasteiger partial charge in [0.2, 0.25) is 10.0 Å². The molecule has 1 aromatic rings. The largest absolute Gasteiger partial charge is 0.384 e. The number of hydrogen-bond donors (Lipinski definition) is 1. The quantitative estimate of drug-likeness (QED) is 0.917. The fraction of sp³-hybridized carbons (Fsp3) is 0.600. The second-order valence-electron chi connectivity index (χ2n) is 5.85. The van der Waals surface area contributed by atoms with E-state index in [1.807, 2.05) is 0 Å². The molecule has 7 heteroatoms. The lowest BCUT2D eigenvalue weighted by Gasteiger charge is -2.28. The number of sulfonamides is 1. The molecule has 0 aliphatic carbocycles. The summed E-state index contributed by atoms with van der Waals surface area (Å²) >= 11 is 0. The van der Waals surface area contributed by atoms with Gasteiger partial charge in [-0.05, 0) is 37.3 Å². The molecule has 1 aromatic carbocycles. The molecule has 0 aromatic heterocycles. The summed E-state index contributed by atoms with van der Waals surface area (Å²) in [5.74, 6) is -0.259. The lowest BCUT2D eigenvalue weighted by Crippen LogP contribution is -2.33. The first kappa shape index (κ1) is 17.2. The van der Waals surface area contributed by atoms with E-state index in [1.165, 1.54) is 12.1 Å². The predicted octanol–water partition coefficient (Wildman–Crippen LogP) is 2.03. The highest BCUT2D eigenvalue weighted by Gasteiger charge is 2.27. The lowest BCUT2D eigenvalue weighted by atomic mass is 10.0. The van der Waals surface area contributed by atoms with Gasteiger partial charge in [0, 0.05) is 20.2 Å². The number of rotatable bonds is 4. The van der Waals surface area contributed by atoms with Crippen molar-refractivity contribution in [3.05, 3.63) is 23.5 Å². The number of anilines is 1. The number of methoxy groups -OCH3 is 1. The summed E-state index contributed by atoms with van der Waals surface area (Å²) in [6.07, 6.45) is 2.89. The second kappa shape index (κ2) is 6.93. The maximum Gasteiger partial charge on any atom is 0.240 e. The van der Waals surface area contributed by atoms with E-state index in [1.54, 1.807) is 18.9 Å². The van der Waals surface area contributed by atoms with E-state index in [0.29, 0.717) is 25.3 Å². The monoisotopic (exact) mass is 330 g/mol. The van der Waals surface area contributed by atoms with Crippen LogP contribution in [0.5, 0.6) is 0 Å². The van der Waals surface area contributed by atoms with Gasteiger partial charge in [0.1, 0.15) is 4.90 Å². The van der Waals surface area contributed by atoms with Crippen molar-refractivity contribution in [2.45, 2.75) is 31.1 Å². The van der Waals surface area contributed by atoms with Crippen LogP contribution in [0.25, 0.3) is 0 Å². The lowest BCUT2D eigenvalue weighted by molar-refractivity contribution is 0.151. The molecule has 0 radical (unpaired) electrons. The molecule has 0 spiro atoms. The maximum atomic E-state index is 14.6. The highest BCUT2D eigenvalue weighted by atomic mass is 32.2. The van der Waals surface area contributed by atoms with Crippen molar-refractivity contribution in [3.63, 3.8) is 0 Å². The minimum Gasteiger partial charge on any atom is -0.384 e. The molecule has 22 heavy (non-hydrogen) atoms. The van der Waals surface area contributed by atoms with Crippen molar-refractivity contribution in [3.8, 4) is 0 Å². The first-order valence-electron chi connectivity index (χ1n) is 7.40. The van der Waals surface area contributed by atoms with Crippen LogP contribution in [0.3, 0.4) is 0 Å². The number of hydrogen-bond acceptors (Lipinski definition) is 4. The van der Waals surface area contributed by atoms with Gasteiger partial charge in [0.15, 0.2) is 5.82 Å². The molecule has 1 atom stereocenters. The molecular weight excluding hydrogens is 307 g/mol. The predicted molar refractivity (Wildman–Crippen MR) is 83.9 cm³/mol. The average Bonchev–Trinajstić information content (AvgIpc) is 2.66. The molecule has 5 nitrogen and oxygen atoms in total. The number of benzene rings is 1. The molecular formula is C15H23FN2O3S. The summed E-state index contributed by atoms with van der Waals surface area (Å²) in [5, 5.41) is 5.27. The van der Waals surface area contributed by atoms with Crippen molar-refractivity contribution >= 4 is 15.7 Å². The summed E-state index contributed by atoms with van der Waals surface area (Å²) < 4.78 is 43.5. The Morgan fingerprint density at radius 2 is 2.14 bits per heavy atom. The summed E-state index contributed by atoms with van der Waals surface area (Å²) in [4.78, 5) is 1.66. The van der Waals surface area contributed by atoms with Gasteiger partial charge in [-0.2, -0.15) is 0 Å². The number of primary sulfonamides is 1. The van der Waals surface area contributed by atoms with Crippen LogP contribution in [-0.2, 0) is 14.8 Å². The van der Waals surface area contributed by atoms with Gasteiger partial charge in [-0.1, -0.05) is 12.5 Å². The zero-order valence-electron chi connectivity index (χ0n) is 13.0. The van der Waals surface area contributed by atoms with E-state index >= 15 is 0 Å². The molecule has 1 fully saturated rings. The zero-order chi connectivity index (χ0) is 16.3. The van der Waals surface area contributed by atoms with Crippen LogP contribution in [0.1, 0.15) is 24.8 Å². The molecule has 1 heterocycles. The minimum atomic E-state index is -3.98. The van der Waals surface area contributed by atoms with Gasteiger partial charge in [0.05, 0.1) is 12.3 Å². The van der Waals surface area contributed by atoms with Crippen LogP contribution in [0.2, 0.25) is 0 Å². The van der Waals surface area contributed by atoms with Crippen LogP contribution >= 0.6 is 0 Å². The van der Waals surface area contributed by atoms with E-state index in [4.69, 9.17) is 9.88 Å². The number of ether oxygens (including phenoxy) is 1. The topological polar surface area (TPSA) is 72.6 Å². The molecule has 1 unspecified atom stereocenters. The molecule has 1 aliphatic heterocycles. The number of nitrogens with two attached hydrogens (primary N) is 1. The second-order valence-corrected chi connectivity index (χ2v) is 7.38. The van der Waals surface area contributed by atoms with Crippen LogP contribution < -0.4 is 10.0 Å². The van der Waals surface area contributed by atoms with Gasteiger partial charge < -0.3 is 9.64 Å². The van der Waals surface area contributed by atoms with Crippen molar-refractivity contribution in [2.24, 2.45) is 11.1 Å².